The second kappa shape index (κ2) is 15.2. The Morgan fingerprint density at radius 1 is 0.419 bits per heavy atom. The van der Waals surface area contributed by atoms with Gasteiger partial charge in [0, 0.05) is 16.6 Å². The number of rotatable bonds is 8. The second-order valence-corrected chi connectivity index (χ2v) is 16.7. The minimum absolute atomic E-state index is 0.0165. The Morgan fingerprint density at radius 2 is 0.984 bits per heavy atom. The zero-order chi connectivity index (χ0) is 41.9. The van der Waals surface area contributed by atoms with Gasteiger partial charge in [0.1, 0.15) is 5.82 Å². The maximum absolute atomic E-state index is 17.5. The number of benzene rings is 11. The fourth-order valence-electron chi connectivity index (χ4n) is 10.3. The molecule has 0 bridgehead atoms. The first kappa shape index (κ1) is 37.5. The van der Waals surface area contributed by atoms with Crippen LogP contribution in [0.3, 0.4) is 0 Å². The van der Waals surface area contributed by atoms with Crippen LogP contribution in [0.15, 0.2) is 206 Å². The van der Waals surface area contributed by atoms with E-state index < -0.39 is 0 Å². The third-order valence-electron chi connectivity index (χ3n) is 12.9. The molecule has 11 rings (SSSR count). The Bertz CT molecular complexity index is 3420. The van der Waals surface area contributed by atoms with Gasteiger partial charge in [-0.2, -0.15) is 0 Å². The molecule has 0 spiro atoms. The van der Waals surface area contributed by atoms with Gasteiger partial charge >= 0.3 is 0 Å². The van der Waals surface area contributed by atoms with E-state index in [2.05, 4.69) is 159 Å². The summed E-state index contributed by atoms with van der Waals surface area (Å²) in [5, 5.41) is 9.53. The van der Waals surface area contributed by atoms with Crippen LogP contribution in [0.1, 0.15) is 16.7 Å². The molecular weight excluding hydrogens is 752 g/mol. The van der Waals surface area contributed by atoms with Crippen molar-refractivity contribution in [3.05, 3.63) is 229 Å². The summed E-state index contributed by atoms with van der Waals surface area (Å²) < 4.78 is 17.5. The van der Waals surface area contributed by atoms with Gasteiger partial charge in [0.2, 0.25) is 6.71 Å². The van der Waals surface area contributed by atoms with E-state index in [0.29, 0.717) is 5.69 Å². The Morgan fingerprint density at radius 3 is 1.71 bits per heavy atom. The first-order valence-corrected chi connectivity index (χ1v) is 21.5. The van der Waals surface area contributed by atoms with Crippen LogP contribution in [0, 0.1) is 26.6 Å². The fraction of sp³-hybridized carbons (Fsp3) is 0.0508. The van der Waals surface area contributed by atoms with E-state index in [-0.39, 0.29) is 12.5 Å². The lowest BCUT2D eigenvalue weighted by Crippen LogP contribution is -2.54. The minimum Gasteiger partial charge on any atom is -0.307 e. The highest BCUT2D eigenvalue weighted by Gasteiger charge is 2.30. The van der Waals surface area contributed by atoms with E-state index in [9.17, 15) is 0 Å². The van der Waals surface area contributed by atoms with Gasteiger partial charge in [0.25, 0.3) is 0 Å². The van der Waals surface area contributed by atoms with Crippen molar-refractivity contribution in [2.45, 2.75) is 20.8 Å². The molecule has 0 aliphatic rings. The van der Waals surface area contributed by atoms with E-state index in [4.69, 9.17) is 0 Å². The summed E-state index contributed by atoms with van der Waals surface area (Å²) in [6, 6.07) is 72.7. The molecule has 1 nitrogen and oxygen atoms in total. The molecule has 0 unspecified atom stereocenters. The lowest BCUT2D eigenvalue weighted by Gasteiger charge is -2.30. The molecule has 0 N–H and O–H groups in total. The number of aryl methyl sites for hydroxylation is 3. The van der Waals surface area contributed by atoms with Gasteiger partial charge in [-0.3, -0.25) is 0 Å². The fourth-order valence-corrected chi connectivity index (χ4v) is 10.3. The molecule has 11 aromatic rings. The van der Waals surface area contributed by atoms with Crippen LogP contribution in [-0.4, -0.2) is 6.71 Å². The smallest absolute Gasteiger partial charge is 0.243 e. The standard InChI is InChI=1S/C59H43BFN/c1-38-34-39(2)58(40(3)35-38)60(52-25-15-21-42-20-13-14-24-48(42)52)53-32-28-44-27-31-50-55(33-29-45-26-30-49(53)56(44)57(45)50)62(47-22-11-6-12-23-47)59-51(43-18-9-5-10-19-43)36-46(37-54(59)61)41-16-7-4-8-17-41/h4-37H,1-3H3. The van der Waals surface area contributed by atoms with Crippen molar-refractivity contribution in [3.63, 3.8) is 0 Å². The number of hydrogen-bond donors (Lipinski definition) is 0. The number of halogens is 1. The van der Waals surface area contributed by atoms with Gasteiger partial charge in [0.05, 0.1) is 11.4 Å². The summed E-state index contributed by atoms with van der Waals surface area (Å²) in [7, 11) is 0. The highest BCUT2D eigenvalue weighted by molar-refractivity contribution is 6.98. The summed E-state index contributed by atoms with van der Waals surface area (Å²) in [6.45, 7) is 6.71. The van der Waals surface area contributed by atoms with Gasteiger partial charge in [-0.25, -0.2) is 4.39 Å². The summed E-state index contributed by atoms with van der Waals surface area (Å²) in [5.74, 6) is -0.288. The van der Waals surface area contributed by atoms with Crippen LogP contribution in [0.4, 0.5) is 21.5 Å². The van der Waals surface area contributed by atoms with Crippen molar-refractivity contribution in [1.82, 2.24) is 0 Å². The predicted octanol–water partition coefficient (Wildman–Crippen LogP) is 14.1. The van der Waals surface area contributed by atoms with Crippen LogP contribution >= 0.6 is 0 Å². The lowest BCUT2D eigenvalue weighted by molar-refractivity contribution is 0.630. The molecule has 0 amide bonds. The van der Waals surface area contributed by atoms with E-state index in [1.54, 1.807) is 6.07 Å². The molecule has 0 fully saturated rings. The number of nitrogens with zero attached hydrogens (tertiary/aromatic N) is 1. The van der Waals surface area contributed by atoms with E-state index >= 15 is 4.39 Å². The van der Waals surface area contributed by atoms with Crippen LogP contribution in [0.5, 0.6) is 0 Å². The van der Waals surface area contributed by atoms with Crippen molar-refractivity contribution in [3.8, 4) is 22.3 Å². The summed E-state index contributed by atoms with van der Waals surface area (Å²) >= 11 is 0. The molecular formula is C59H43BFN. The molecule has 0 aliphatic heterocycles. The summed E-state index contributed by atoms with van der Waals surface area (Å²) in [4.78, 5) is 2.14. The molecule has 11 aromatic carbocycles. The Balaban J connectivity index is 1.20. The highest BCUT2D eigenvalue weighted by Crippen LogP contribution is 2.48. The molecule has 0 aliphatic carbocycles. The normalized spacial score (nSPS) is 11.5. The van der Waals surface area contributed by atoms with Crippen molar-refractivity contribution in [1.29, 1.82) is 0 Å². The average molecular weight is 796 g/mol. The highest BCUT2D eigenvalue weighted by atomic mass is 19.1. The molecule has 0 aromatic heterocycles. The Kier molecular flexibility index (Phi) is 9.20. The summed E-state index contributed by atoms with van der Waals surface area (Å²) in [5.41, 5.74) is 13.7. The van der Waals surface area contributed by atoms with Crippen molar-refractivity contribution in [2.75, 3.05) is 4.90 Å². The number of hydrogen-bond acceptors (Lipinski definition) is 1. The van der Waals surface area contributed by atoms with Crippen LogP contribution in [0.25, 0.3) is 65.3 Å². The molecule has 0 radical (unpaired) electrons. The minimum atomic E-state index is -0.288. The molecule has 0 saturated carbocycles. The third kappa shape index (κ3) is 6.23. The zero-order valence-corrected chi connectivity index (χ0v) is 35.0. The largest absolute Gasteiger partial charge is 0.307 e. The molecule has 3 heteroatoms. The first-order chi connectivity index (χ1) is 30.4. The van der Waals surface area contributed by atoms with E-state index in [1.807, 2.05) is 66.7 Å². The van der Waals surface area contributed by atoms with Crippen LogP contribution in [0.2, 0.25) is 0 Å². The monoisotopic (exact) mass is 795 g/mol. The topological polar surface area (TPSA) is 3.24 Å². The van der Waals surface area contributed by atoms with Crippen molar-refractivity contribution in [2.24, 2.45) is 0 Å². The van der Waals surface area contributed by atoms with Gasteiger partial charge < -0.3 is 4.90 Å². The zero-order valence-electron chi connectivity index (χ0n) is 35.0. The molecule has 0 saturated heterocycles. The van der Waals surface area contributed by atoms with Crippen LogP contribution < -0.4 is 21.3 Å². The van der Waals surface area contributed by atoms with Gasteiger partial charge in [-0.15, -0.1) is 0 Å². The lowest BCUT2D eigenvalue weighted by atomic mass is 9.34. The van der Waals surface area contributed by atoms with Crippen LogP contribution in [-0.2, 0) is 0 Å². The van der Waals surface area contributed by atoms with E-state index in [1.165, 1.54) is 65.4 Å². The van der Waals surface area contributed by atoms with Gasteiger partial charge in [-0.05, 0) is 105 Å². The second-order valence-electron chi connectivity index (χ2n) is 16.7. The average Bonchev–Trinajstić information content (AvgIpc) is 3.31. The van der Waals surface area contributed by atoms with Gasteiger partial charge in [-0.1, -0.05) is 209 Å². The number of para-hydroxylation sites is 1. The summed E-state index contributed by atoms with van der Waals surface area (Å²) in [6.07, 6.45) is 0. The molecule has 62 heavy (non-hydrogen) atoms. The number of fused-ring (bicyclic) bond motifs is 1. The third-order valence-corrected chi connectivity index (χ3v) is 12.9. The first-order valence-electron chi connectivity index (χ1n) is 21.5. The van der Waals surface area contributed by atoms with Crippen molar-refractivity contribution < 1.29 is 4.39 Å². The molecule has 0 heterocycles. The maximum Gasteiger partial charge on any atom is 0.243 e. The Labute approximate surface area is 362 Å². The maximum atomic E-state index is 17.5. The SMILES string of the molecule is Cc1cc(C)c(B(c2cccc3ccccc23)c2ccc3ccc4c(N(c5ccccc5)c5c(F)cc(-c6ccccc6)cc5-c5ccccc5)ccc5ccc2c3c54)c(C)c1. The number of anilines is 3. The Hall–Kier alpha value is -7.49. The molecule has 0 atom stereocenters. The van der Waals surface area contributed by atoms with E-state index in [0.717, 1.165) is 44.4 Å². The van der Waals surface area contributed by atoms with Gasteiger partial charge in [0.15, 0.2) is 0 Å². The molecule has 294 valence electrons. The quantitative estimate of drug-likeness (QED) is 0.109. The predicted molar refractivity (Wildman–Crippen MR) is 265 cm³/mol. The van der Waals surface area contributed by atoms with Crippen molar-refractivity contribution >= 4 is 83.3 Å².